The van der Waals surface area contributed by atoms with Gasteiger partial charge in [0.1, 0.15) is 11.2 Å². The van der Waals surface area contributed by atoms with Gasteiger partial charge in [-0.25, -0.2) is 0 Å². The summed E-state index contributed by atoms with van der Waals surface area (Å²) >= 11 is 0. The number of benzene rings is 11. The van der Waals surface area contributed by atoms with Gasteiger partial charge >= 0.3 is 0 Å². The third-order valence-corrected chi connectivity index (χ3v) is 10.4. The van der Waals surface area contributed by atoms with Crippen molar-refractivity contribution in [2.45, 2.75) is 0 Å². The zero-order chi connectivity index (χ0) is 39.6. The van der Waals surface area contributed by atoms with Crippen molar-refractivity contribution in [1.29, 1.82) is 0 Å². The van der Waals surface area contributed by atoms with Crippen LogP contribution >= 0.6 is 0 Å². The van der Waals surface area contributed by atoms with Gasteiger partial charge in [-0.05, 0) is 110 Å². The molecule has 0 atom stereocenters. The van der Waals surface area contributed by atoms with Crippen molar-refractivity contribution in [3.05, 3.63) is 158 Å². The van der Waals surface area contributed by atoms with Gasteiger partial charge in [0.15, 0.2) is 0 Å². The largest absolute Gasteiger partial charge is 0.455 e. The summed E-state index contributed by atoms with van der Waals surface area (Å²) < 4.78 is 88.5. The smallest absolute Gasteiger partial charge is 0.143 e. The van der Waals surface area contributed by atoms with Crippen LogP contribution < -0.4 is 0 Å². The molecule has 0 saturated heterocycles. The molecule has 1 nitrogen and oxygen atoms in total. The molecule has 1 heterocycles. The topological polar surface area (TPSA) is 13.1 Å². The summed E-state index contributed by atoms with van der Waals surface area (Å²) in [6, 6.07) is 31.5. The Hall–Kier alpha value is -6.44. The Morgan fingerprint density at radius 2 is 1.00 bits per heavy atom. The number of fused-ring (bicyclic) bond motifs is 5. The lowest BCUT2D eigenvalue weighted by atomic mass is 9.86. The summed E-state index contributed by atoms with van der Waals surface area (Å²) in [4.78, 5) is 0. The van der Waals surface area contributed by atoms with Crippen LogP contribution in [0.1, 0.15) is 12.3 Å². The van der Waals surface area contributed by atoms with Gasteiger partial charge < -0.3 is 4.42 Å². The molecule has 12 rings (SSSR count). The molecule has 0 aliphatic heterocycles. The molecule has 11 aromatic carbocycles. The summed E-state index contributed by atoms with van der Waals surface area (Å²) in [6.07, 6.45) is 0. The maximum atomic E-state index is 9.57. The van der Waals surface area contributed by atoms with Crippen molar-refractivity contribution < 1.29 is 16.8 Å². The normalized spacial score (nSPS) is 15.1. The molecule has 1 aromatic heterocycles. The van der Waals surface area contributed by atoms with Crippen molar-refractivity contribution in [1.82, 2.24) is 0 Å². The second kappa shape index (κ2) is 9.13. The zero-order valence-electron chi connectivity index (χ0n) is 34.7. The van der Waals surface area contributed by atoms with Gasteiger partial charge in [0.05, 0.1) is 12.3 Å². The average molecular weight is 628 g/mol. The number of furan rings is 1. The molecule has 0 spiro atoms. The van der Waals surface area contributed by atoms with E-state index in [1.807, 2.05) is 36.4 Å². The molecule has 0 amide bonds. The highest BCUT2D eigenvalue weighted by Crippen LogP contribution is 2.47. The number of hydrogen-bond acceptors (Lipinski definition) is 1. The van der Waals surface area contributed by atoms with E-state index in [4.69, 9.17) is 11.3 Å². The predicted molar refractivity (Wildman–Crippen MR) is 210 cm³/mol. The second-order valence-corrected chi connectivity index (χ2v) is 12.9. The highest BCUT2D eigenvalue weighted by molar-refractivity contribution is 6.29. The molecule has 0 saturated carbocycles. The molecule has 1 heteroatoms. The first-order valence-electron chi connectivity index (χ1n) is 20.8. The Kier molecular flexibility index (Phi) is 3.50. The first-order valence-corrected chi connectivity index (χ1v) is 16.3. The monoisotopic (exact) mass is 627 g/mol. The minimum absolute atomic E-state index is 0.0560. The Labute approximate surface area is 293 Å². The lowest BCUT2D eigenvalue weighted by Gasteiger charge is -2.17. The maximum Gasteiger partial charge on any atom is 0.143 e. The standard InChI is InChI=1S/C48H26O/c1-2-10-36-27(5-1)15-24-40-47-41(37-21-17-33-14-12-29-7-4-9-31-19-23-39(37)46(33)44(29)31)25-34(26-42(47)49-48(36)40)35-20-16-32-13-11-28-6-3-8-30-18-22-38(35)45(32)43(28)30/h1-26H/i3D,6D,8D,11D,13D,16D,18D,20D,22D. The van der Waals surface area contributed by atoms with Crippen LogP contribution in [0.15, 0.2) is 162 Å². The molecule has 0 bridgehead atoms. The van der Waals surface area contributed by atoms with Crippen molar-refractivity contribution in [3.8, 4) is 22.3 Å². The molecule has 0 unspecified atom stereocenters. The van der Waals surface area contributed by atoms with Gasteiger partial charge in [-0.15, -0.1) is 0 Å². The summed E-state index contributed by atoms with van der Waals surface area (Å²) in [5, 5.41) is 10.6. The SMILES string of the molecule is [2H]c1c([2H])c2c([2H])c([2H])c3c([2H])c([2H])c(-c4cc(-c5ccc6ccc7cccc8ccc5c6c78)c5c(c4)oc4c6ccccc6ccc45)c4c([2H])c([2H])c(c1[2H])c2c34. The summed E-state index contributed by atoms with van der Waals surface area (Å²) in [5.74, 6) is 0. The minimum Gasteiger partial charge on any atom is -0.455 e. The van der Waals surface area contributed by atoms with Crippen LogP contribution in [-0.4, -0.2) is 0 Å². The Bertz CT molecular complexity index is 3810. The van der Waals surface area contributed by atoms with E-state index in [1.54, 1.807) is 0 Å². The third kappa shape index (κ3) is 3.34. The highest BCUT2D eigenvalue weighted by Gasteiger charge is 2.21. The van der Waals surface area contributed by atoms with Crippen molar-refractivity contribution in [2.24, 2.45) is 0 Å². The molecule has 0 fully saturated rings. The van der Waals surface area contributed by atoms with E-state index in [0.717, 1.165) is 65.0 Å². The molecule has 0 N–H and O–H groups in total. The lowest BCUT2D eigenvalue weighted by Crippen LogP contribution is -1.90. The van der Waals surface area contributed by atoms with E-state index in [-0.39, 0.29) is 62.1 Å². The van der Waals surface area contributed by atoms with Gasteiger partial charge in [-0.1, -0.05) is 139 Å². The molecule has 0 aliphatic carbocycles. The van der Waals surface area contributed by atoms with Gasteiger partial charge in [0.25, 0.3) is 0 Å². The van der Waals surface area contributed by atoms with Crippen LogP contribution in [0, 0.1) is 0 Å². The molecule has 0 aliphatic rings. The first kappa shape index (κ1) is 18.8. The van der Waals surface area contributed by atoms with Crippen molar-refractivity contribution >= 4 is 97.3 Å². The summed E-state index contributed by atoms with van der Waals surface area (Å²) in [7, 11) is 0. The van der Waals surface area contributed by atoms with Gasteiger partial charge in [0.2, 0.25) is 0 Å². The van der Waals surface area contributed by atoms with Crippen LogP contribution in [0.5, 0.6) is 0 Å². The average Bonchev–Trinajstić information content (AvgIpc) is 3.62. The van der Waals surface area contributed by atoms with Crippen LogP contribution in [-0.2, 0) is 0 Å². The predicted octanol–water partition coefficient (Wildman–Crippen LogP) is 13.9. The van der Waals surface area contributed by atoms with Gasteiger partial charge in [-0.2, -0.15) is 0 Å². The molecule has 12 aromatic rings. The fourth-order valence-electron chi connectivity index (χ4n) is 8.24. The summed E-state index contributed by atoms with van der Waals surface area (Å²) in [6.45, 7) is 0. The van der Waals surface area contributed by atoms with E-state index < -0.39 is 30.2 Å². The zero-order valence-corrected chi connectivity index (χ0v) is 25.7. The van der Waals surface area contributed by atoms with Crippen molar-refractivity contribution in [3.63, 3.8) is 0 Å². The molecule has 224 valence electrons. The Morgan fingerprint density at radius 3 is 1.88 bits per heavy atom. The van der Waals surface area contributed by atoms with Gasteiger partial charge in [0, 0.05) is 16.2 Å². The third-order valence-electron chi connectivity index (χ3n) is 10.4. The van der Waals surface area contributed by atoms with E-state index in [9.17, 15) is 5.48 Å². The first-order chi connectivity index (χ1) is 28.0. The second-order valence-electron chi connectivity index (χ2n) is 12.9. The van der Waals surface area contributed by atoms with E-state index in [0.29, 0.717) is 16.7 Å². The highest BCUT2D eigenvalue weighted by atomic mass is 16.3. The van der Waals surface area contributed by atoms with Crippen LogP contribution in [0.3, 0.4) is 0 Å². The summed E-state index contributed by atoms with van der Waals surface area (Å²) in [5.41, 5.74) is 3.58. The van der Waals surface area contributed by atoms with E-state index in [1.165, 1.54) is 0 Å². The number of hydrogen-bond donors (Lipinski definition) is 0. The van der Waals surface area contributed by atoms with E-state index >= 15 is 0 Å². The quantitative estimate of drug-likeness (QED) is 0.174. The number of rotatable bonds is 2. The molecule has 0 radical (unpaired) electrons. The van der Waals surface area contributed by atoms with Crippen molar-refractivity contribution in [2.75, 3.05) is 0 Å². The molecule has 49 heavy (non-hydrogen) atoms. The molecular formula is C48H26O. The lowest BCUT2D eigenvalue weighted by molar-refractivity contribution is 0.673. The van der Waals surface area contributed by atoms with Crippen LogP contribution in [0.25, 0.3) is 120 Å². The Morgan fingerprint density at radius 1 is 0.367 bits per heavy atom. The molecular weight excluding hydrogens is 593 g/mol. The Balaban J connectivity index is 1.29. The van der Waals surface area contributed by atoms with Gasteiger partial charge in [-0.3, -0.25) is 0 Å². The van der Waals surface area contributed by atoms with Crippen LogP contribution in [0.4, 0.5) is 0 Å². The van der Waals surface area contributed by atoms with E-state index in [2.05, 4.69) is 66.7 Å². The van der Waals surface area contributed by atoms with Crippen LogP contribution in [0.2, 0.25) is 0 Å². The fraction of sp³-hybridized carbons (Fsp3) is 0. The fourth-order valence-corrected chi connectivity index (χ4v) is 8.24. The maximum absolute atomic E-state index is 9.57. The minimum atomic E-state index is -0.500.